The molecule has 2 rings (SSSR count). The van der Waals surface area contributed by atoms with E-state index in [1.165, 1.54) is 6.20 Å². The lowest BCUT2D eigenvalue weighted by Crippen LogP contribution is -2.31. The maximum atomic E-state index is 8.92. The van der Waals surface area contributed by atoms with E-state index in [0.717, 1.165) is 5.69 Å². The number of nitrogens with one attached hydrogen (secondary N) is 2. The van der Waals surface area contributed by atoms with Crippen LogP contribution in [0.15, 0.2) is 30.6 Å². The highest BCUT2D eigenvalue weighted by Gasteiger charge is 2.05. The van der Waals surface area contributed by atoms with Crippen molar-refractivity contribution in [2.45, 2.75) is 6.42 Å². The van der Waals surface area contributed by atoms with E-state index in [0.29, 0.717) is 29.5 Å². The second kappa shape index (κ2) is 7.06. The van der Waals surface area contributed by atoms with E-state index in [1.807, 2.05) is 18.2 Å². The Bertz CT molecular complexity index is 623. The topological polar surface area (TPSA) is 99.4 Å². The Kier molecular flexibility index (Phi) is 4.86. The largest absolute Gasteiger partial charge is 0.362 e. The fraction of sp³-hybridized carbons (Fsp3) is 0.167. The van der Waals surface area contributed by atoms with Crippen molar-refractivity contribution in [3.05, 3.63) is 41.9 Å². The highest BCUT2D eigenvalue weighted by Crippen LogP contribution is 2.07. The first-order valence-electron chi connectivity index (χ1n) is 5.83. The lowest BCUT2D eigenvalue weighted by atomic mass is 10.3. The van der Waals surface area contributed by atoms with Crippen LogP contribution in [0.1, 0.15) is 11.3 Å². The third-order valence-electron chi connectivity index (χ3n) is 2.37. The second-order valence-electron chi connectivity index (χ2n) is 3.75. The predicted molar refractivity (Wildman–Crippen MR) is 76.7 cm³/mol. The lowest BCUT2D eigenvalue weighted by molar-refractivity contribution is 0.817. The van der Waals surface area contributed by atoms with Crippen molar-refractivity contribution in [1.29, 1.82) is 5.26 Å². The third kappa shape index (κ3) is 3.93. The van der Waals surface area contributed by atoms with Crippen LogP contribution in [0.5, 0.6) is 0 Å². The van der Waals surface area contributed by atoms with Crippen molar-refractivity contribution >= 4 is 23.1 Å². The van der Waals surface area contributed by atoms with Crippen LogP contribution in [0, 0.1) is 11.3 Å². The van der Waals surface area contributed by atoms with Crippen LogP contribution in [0.2, 0.25) is 0 Å². The van der Waals surface area contributed by atoms with Crippen LogP contribution < -0.4 is 10.6 Å². The fourth-order valence-electron chi connectivity index (χ4n) is 1.44. The Morgan fingerprint density at radius 3 is 2.85 bits per heavy atom. The normalized spacial score (nSPS) is 9.55. The monoisotopic (exact) mass is 285 g/mol. The van der Waals surface area contributed by atoms with Gasteiger partial charge >= 0.3 is 0 Å². The maximum Gasteiger partial charge on any atom is 0.172 e. The summed E-state index contributed by atoms with van der Waals surface area (Å²) in [5, 5.41) is 30.4. The Morgan fingerprint density at radius 1 is 1.25 bits per heavy atom. The molecular formula is C12H11N7S. The fourth-order valence-corrected chi connectivity index (χ4v) is 1.64. The molecule has 100 valence electrons. The number of hydrogen-bond donors (Lipinski definition) is 2. The van der Waals surface area contributed by atoms with Crippen molar-refractivity contribution in [2.24, 2.45) is 0 Å². The minimum absolute atomic E-state index is 0.340. The van der Waals surface area contributed by atoms with Crippen molar-refractivity contribution in [1.82, 2.24) is 25.7 Å². The first-order chi connectivity index (χ1) is 9.79. The van der Waals surface area contributed by atoms with Crippen molar-refractivity contribution in [2.75, 3.05) is 11.9 Å². The molecular weight excluding hydrogens is 274 g/mol. The number of rotatable bonds is 4. The molecule has 0 aliphatic rings. The zero-order valence-electron chi connectivity index (χ0n) is 10.4. The van der Waals surface area contributed by atoms with E-state index >= 15 is 0 Å². The summed E-state index contributed by atoms with van der Waals surface area (Å²) in [6.45, 7) is 0.604. The Hall–Kier alpha value is -2.66. The van der Waals surface area contributed by atoms with Gasteiger partial charge in [0.1, 0.15) is 6.07 Å². The molecule has 0 saturated carbocycles. The van der Waals surface area contributed by atoms with Crippen LogP contribution in [-0.4, -0.2) is 32.1 Å². The van der Waals surface area contributed by atoms with Gasteiger partial charge in [-0.05, 0) is 30.4 Å². The van der Waals surface area contributed by atoms with Gasteiger partial charge in [-0.2, -0.15) is 20.6 Å². The van der Waals surface area contributed by atoms with Gasteiger partial charge in [-0.15, -0.1) is 5.10 Å². The Morgan fingerprint density at radius 2 is 2.10 bits per heavy atom. The molecule has 0 saturated heterocycles. The highest BCUT2D eigenvalue weighted by molar-refractivity contribution is 7.80. The van der Waals surface area contributed by atoms with Gasteiger partial charge in [0.15, 0.2) is 10.9 Å². The van der Waals surface area contributed by atoms with Crippen molar-refractivity contribution in [3.8, 4) is 6.07 Å². The molecule has 20 heavy (non-hydrogen) atoms. The van der Waals surface area contributed by atoms with Crippen LogP contribution in [0.25, 0.3) is 0 Å². The molecule has 0 fully saturated rings. The summed E-state index contributed by atoms with van der Waals surface area (Å²) in [5.74, 6) is 0.340. The second-order valence-corrected chi connectivity index (χ2v) is 4.16. The van der Waals surface area contributed by atoms with Gasteiger partial charge in [0.2, 0.25) is 0 Å². The smallest absolute Gasteiger partial charge is 0.172 e. The number of nitrogens with zero attached hydrogens (tertiary/aromatic N) is 5. The number of aromatic nitrogens is 4. The molecule has 0 amide bonds. The highest BCUT2D eigenvalue weighted by atomic mass is 32.1. The molecule has 0 radical (unpaired) electrons. The van der Waals surface area contributed by atoms with E-state index in [9.17, 15) is 0 Å². The van der Waals surface area contributed by atoms with Crippen molar-refractivity contribution < 1.29 is 0 Å². The molecule has 0 aliphatic carbocycles. The summed E-state index contributed by atoms with van der Waals surface area (Å²) in [6, 6.07) is 7.30. The first-order valence-corrected chi connectivity index (χ1v) is 6.23. The van der Waals surface area contributed by atoms with Gasteiger partial charge in [-0.25, -0.2) is 0 Å². The zero-order chi connectivity index (χ0) is 14.2. The van der Waals surface area contributed by atoms with Gasteiger partial charge in [0.25, 0.3) is 0 Å². The van der Waals surface area contributed by atoms with E-state index in [2.05, 4.69) is 31.0 Å². The first kappa shape index (κ1) is 13.8. The van der Waals surface area contributed by atoms with Gasteiger partial charge < -0.3 is 10.6 Å². The standard InChI is InChI=1S/C12H11N7S/c13-8-9-3-7-16-19-11(9)17-12(20)14-6-4-10-2-1-5-15-18-10/h1-3,5,7H,4,6H2,(H2,14,17,19,20). The number of thiocarbonyl (C=S) groups is 1. The molecule has 2 aromatic heterocycles. The quantitative estimate of drug-likeness (QED) is 0.791. The average Bonchev–Trinajstić information content (AvgIpc) is 2.49. The minimum atomic E-state index is 0.340. The van der Waals surface area contributed by atoms with Crippen LogP contribution >= 0.6 is 12.2 Å². The number of anilines is 1. The summed E-state index contributed by atoms with van der Waals surface area (Å²) in [7, 11) is 0. The third-order valence-corrected chi connectivity index (χ3v) is 2.61. The summed E-state index contributed by atoms with van der Waals surface area (Å²) in [5.41, 5.74) is 1.26. The van der Waals surface area contributed by atoms with Gasteiger partial charge in [-0.1, -0.05) is 0 Å². The molecule has 0 aromatic carbocycles. The minimum Gasteiger partial charge on any atom is -0.362 e. The maximum absolute atomic E-state index is 8.92. The van der Waals surface area contributed by atoms with Gasteiger partial charge in [0, 0.05) is 19.2 Å². The number of nitriles is 1. The predicted octanol–water partition coefficient (Wildman–Crippen LogP) is 0.667. The van der Waals surface area contributed by atoms with E-state index in [-0.39, 0.29) is 0 Å². The summed E-state index contributed by atoms with van der Waals surface area (Å²) in [4.78, 5) is 0. The summed E-state index contributed by atoms with van der Waals surface area (Å²) in [6.07, 6.45) is 3.77. The van der Waals surface area contributed by atoms with Gasteiger partial charge in [0.05, 0.1) is 17.5 Å². The summed E-state index contributed by atoms with van der Waals surface area (Å²) < 4.78 is 0. The number of hydrogen-bond acceptors (Lipinski definition) is 6. The summed E-state index contributed by atoms with van der Waals surface area (Å²) >= 11 is 5.12. The molecule has 7 nitrogen and oxygen atoms in total. The molecule has 0 unspecified atom stereocenters. The Balaban J connectivity index is 1.83. The molecule has 0 aliphatic heterocycles. The molecule has 2 aromatic rings. The van der Waals surface area contributed by atoms with E-state index < -0.39 is 0 Å². The molecule has 2 N–H and O–H groups in total. The van der Waals surface area contributed by atoms with Gasteiger partial charge in [-0.3, -0.25) is 0 Å². The van der Waals surface area contributed by atoms with E-state index in [1.54, 1.807) is 12.3 Å². The van der Waals surface area contributed by atoms with Crippen LogP contribution in [-0.2, 0) is 6.42 Å². The molecule has 2 heterocycles. The molecule has 8 heteroatoms. The molecule has 0 atom stereocenters. The Labute approximate surface area is 121 Å². The van der Waals surface area contributed by atoms with E-state index in [4.69, 9.17) is 17.5 Å². The van der Waals surface area contributed by atoms with Crippen LogP contribution in [0.3, 0.4) is 0 Å². The van der Waals surface area contributed by atoms with Crippen molar-refractivity contribution in [3.63, 3.8) is 0 Å². The average molecular weight is 285 g/mol. The van der Waals surface area contributed by atoms with Crippen LogP contribution in [0.4, 0.5) is 5.82 Å². The molecule has 0 bridgehead atoms. The zero-order valence-corrected chi connectivity index (χ0v) is 11.3. The SMILES string of the molecule is N#Cc1ccnnc1NC(=S)NCCc1cccnn1. The molecule has 0 spiro atoms. The lowest BCUT2D eigenvalue weighted by Gasteiger charge is -2.09.